The van der Waals surface area contributed by atoms with Crippen molar-refractivity contribution in [2.75, 3.05) is 6.54 Å². The van der Waals surface area contributed by atoms with E-state index >= 15 is 0 Å². The normalized spacial score (nSPS) is 11.0. The molecule has 90 valence electrons. The fraction of sp³-hybridized carbons (Fsp3) is 0.308. The van der Waals surface area contributed by atoms with E-state index in [4.69, 9.17) is 28.9 Å². The van der Waals surface area contributed by atoms with Gasteiger partial charge in [-0.3, -0.25) is 0 Å². The Kier molecular flexibility index (Phi) is 4.21. The van der Waals surface area contributed by atoms with Crippen molar-refractivity contribution in [2.24, 2.45) is 5.73 Å². The van der Waals surface area contributed by atoms with Gasteiger partial charge in [0, 0.05) is 5.39 Å². The maximum atomic E-state index is 6.36. The van der Waals surface area contributed by atoms with Crippen LogP contribution in [0, 0.1) is 0 Å². The highest BCUT2D eigenvalue weighted by Crippen LogP contribution is 2.28. The zero-order valence-corrected chi connectivity index (χ0v) is 10.9. The molecule has 0 bridgehead atoms. The largest absolute Gasteiger partial charge is 0.330 e. The molecule has 2 nitrogen and oxygen atoms in total. The second-order valence-corrected chi connectivity index (χ2v) is 4.75. The highest BCUT2D eigenvalue weighted by Gasteiger charge is 2.06. The number of fused-ring (bicyclic) bond motifs is 1. The Bertz CT molecular complexity index is 526. The smallest absolute Gasteiger partial charge is 0.129 e. The van der Waals surface area contributed by atoms with Gasteiger partial charge in [0.15, 0.2) is 0 Å². The second-order valence-electron chi connectivity index (χ2n) is 3.99. The maximum absolute atomic E-state index is 6.36. The fourth-order valence-corrected chi connectivity index (χ4v) is 2.31. The summed E-state index contributed by atoms with van der Waals surface area (Å²) in [5, 5.41) is 2.23. The summed E-state index contributed by atoms with van der Waals surface area (Å²) in [4.78, 5) is 4.24. The van der Waals surface area contributed by atoms with E-state index < -0.39 is 0 Å². The van der Waals surface area contributed by atoms with Crippen LogP contribution in [0.5, 0.6) is 0 Å². The van der Waals surface area contributed by atoms with E-state index in [0.29, 0.717) is 5.15 Å². The molecule has 0 saturated heterocycles. The van der Waals surface area contributed by atoms with Crippen LogP contribution in [-0.4, -0.2) is 11.5 Å². The first-order valence-electron chi connectivity index (χ1n) is 5.66. The van der Waals surface area contributed by atoms with Crippen molar-refractivity contribution < 1.29 is 0 Å². The van der Waals surface area contributed by atoms with Gasteiger partial charge in [-0.15, -0.1) is 0 Å². The number of aromatic nitrogens is 1. The summed E-state index contributed by atoms with van der Waals surface area (Å²) < 4.78 is 0. The van der Waals surface area contributed by atoms with Gasteiger partial charge in [0.25, 0.3) is 0 Å². The van der Waals surface area contributed by atoms with Gasteiger partial charge >= 0.3 is 0 Å². The molecule has 0 amide bonds. The molecule has 2 aromatic rings. The van der Waals surface area contributed by atoms with Crippen LogP contribution in [0.1, 0.15) is 18.4 Å². The van der Waals surface area contributed by atoms with Gasteiger partial charge in [-0.2, -0.15) is 0 Å². The van der Waals surface area contributed by atoms with Gasteiger partial charge in [-0.1, -0.05) is 29.3 Å². The number of nitrogens with zero attached hydrogens (tertiary/aromatic N) is 1. The Balaban J connectivity index is 2.33. The fourth-order valence-electron chi connectivity index (χ4n) is 1.84. The lowest BCUT2D eigenvalue weighted by molar-refractivity contribution is 0.745. The van der Waals surface area contributed by atoms with Crippen LogP contribution in [0.2, 0.25) is 10.2 Å². The number of unbranched alkanes of at least 4 members (excludes halogenated alkanes) is 1. The molecule has 0 fully saturated rings. The van der Waals surface area contributed by atoms with E-state index in [1.54, 1.807) is 6.07 Å². The first-order valence-corrected chi connectivity index (χ1v) is 6.41. The molecule has 2 N–H and O–H groups in total. The SMILES string of the molecule is NCCCCc1ccc2nc(Cl)ccc2c1Cl. The Morgan fingerprint density at radius 1 is 1.06 bits per heavy atom. The predicted molar refractivity (Wildman–Crippen MR) is 73.8 cm³/mol. The maximum Gasteiger partial charge on any atom is 0.129 e. The third-order valence-corrected chi connectivity index (χ3v) is 3.41. The number of hydrogen-bond donors (Lipinski definition) is 1. The van der Waals surface area contributed by atoms with Crippen LogP contribution in [-0.2, 0) is 6.42 Å². The number of nitrogens with two attached hydrogens (primary N) is 1. The molecule has 4 heteroatoms. The molecule has 0 unspecified atom stereocenters. The zero-order chi connectivity index (χ0) is 12.3. The standard InChI is InChI=1S/C13H14Cl2N2/c14-12-7-5-10-11(17-12)6-4-9(13(10)15)3-1-2-8-16/h4-7H,1-3,8,16H2. The van der Waals surface area contributed by atoms with Crippen molar-refractivity contribution in [3.05, 3.63) is 40.0 Å². The lowest BCUT2D eigenvalue weighted by atomic mass is 10.1. The number of aryl methyl sites for hydroxylation is 1. The van der Waals surface area contributed by atoms with Crippen LogP contribution in [0.15, 0.2) is 24.3 Å². The second kappa shape index (κ2) is 5.67. The van der Waals surface area contributed by atoms with E-state index in [2.05, 4.69) is 4.98 Å². The molecule has 0 atom stereocenters. The van der Waals surface area contributed by atoms with Gasteiger partial charge in [-0.25, -0.2) is 4.98 Å². The van der Waals surface area contributed by atoms with Gasteiger partial charge < -0.3 is 5.73 Å². The average Bonchev–Trinajstić information content (AvgIpc) is 2.32. The molecule has 0 aliphatic rings. The minimum Gasteiger partial charge on any atom is -0.330 e. The average molecular weight is 269 g/mol. The first kappa shape index (κ1) is 12.6. The van der Waals surface area contributed by atoms with Crippen molar-refractivity contribution in [1.29, 1.82) is 0 Å². The topological polar surface area (TPSA) is 38.9 Å². The summed E-state index contributed by atoms with van der Waals surface area (Å²) in [7, 11) is 0. The molecule has 0 aliphatic heterocycles. The van der Waals surface area contributed by atoms with E-state index in [1.807, 2.05) is 18.2 Å². The van der Waals surface area contributed by atoms with E-state index in [0.717, 1.165) is 47.3 Å². The molecule has 1 heterocycles. The Hall–Kier alpha value is -0.830. The third kappa shape index (κ3) is 2.89. The van der Waals surface area contributed by atoms with Crippen molar-refractivity contribution in [1.82, 2.24) is 4.98 Å². The summed E-state index contributed by atoms with van der Waals surface area (Å²) in [6.07, 6.45) is 3.03. The molecule has 0 aliphatic carbocycles. The quantitative estimate of drug-likeness (QED) is 0.676. The Morgan fingerprint density at radius 2 is 1.88 bits per heavy atom. The summed E-state index contributed by atoms with van der Waals surface area (Å²) >= 11 is 12.2. The molecule has 0 radical (unpaired) electrons. The first-order chi connectivity index (χ1) is 8.22. The summed E-state index contributed by atoms with van der Waals surface area (Å²) in [6.45, 7) is 0.725. The molecule has 0 spiro atoms. The number of rotatable bonds is 4. The Morgan fingerprint density at radius 3 is 2.65 bits per heavy atom. The van der Waals surface area contributed by atoms with Crippen LogP contribution in [0.25, 0.3) is 10.9 Å². The number of halogens is 2. The summed E-state index contributed by atoms with van der Waals surface area (Å²) in [5.74, 6) is 0. The minimum absolute atomic E-state index is 0.490. The van der Waals surface area contributed by atoms with E-state index in [-0.39, 0.29) is 0 Å². The van der Waals surface area contributed by atoms with Crippen LogP contribution >= 0.6 is 23.2 Å². The van der Waals surface area contributed by atoms with Crippen molar-refractivity contribution in [3.8, 4) is 0 Å². The summed E-state index contributed by atoms with van der Waals surface area (Å²) in [5.41, 5.74) is 7.47. The molecule has 1 aromatic carbocycles. The van der Waals surface area contributed by atoms with Crippen LogP contribution in [0.3, 0.4) is 0 Å². The summed E-state index contributed by atoms with van der Waals surface area (Å²) in [6, 6.07) is 7.66. The lowest BCUT2D eigenvalue weighted by Crippen LogP contribution is -1.99. The number of pyridine rings is 1. The van der Waals surface area contributed by atoms with Crippen molar-refractivity contribution in [3.63, 3.8) is 0 Å². The number of benzene rings is 1. The molecule has 1 aromatic heterocycles. The van der Waals surface area contributed by atoms with Gasteiger partial charge in [-0.05, 0) is 49.6 Å². The molecule has 17 heavy (non-hydrogen) atoms. The van der Waals surface area contributed by atoms with E-state index in [1.165, 1.54) is 0 Å². The zero-order valence-electron chi connectivity index (χ0n) is 9.42. The third-order valence-electron chi connectivity index (χ3n) is 2.75. The predicted octanol–water partition coefficient (Wildman–Crippen LogP) is 3.82. The number of hydrogen-bond acceptors (Lipinski definition) is 2. The van der Waals surface area contributed by atoms with Crippen LogP contribution < -0.4 is 5.73 Å². The lowest BCUT2D eigenvalue weighted by Gasteiger charge is -2.07. The monoisotopic (exact) mass is 268 g/mol. The molecule has 0 saturated carbocycles. The highest BCUT2D eigenvalue weighted by molar-refractivity contribution is 6.36. The van der Waals surface area contributed by atoms with Crippen molar-refractivity contribution in [2.45, 2.75) is 19.3 Å². The van der Waals surface area contributed by atoms with Gasteiger partial charge in [0.1, 0.15) is 5.15 Å². The minimum atomic E-state index is 0.490. The molecule has 2 rings (SSSR count). The van der Waals surface area contributed by atoms with Gasteiger partial charge in [0.05, 0.1) is 10.5 Å². The van der Waals surface area contributed by atoms with E-state index in [9.17, 15) is 0 Å². The van der Waals surface area contributed by atoms with Crippen LogP contribution in [0.4, 0.5) is 0 Å². The van der Waals surface area contributed by atoms with Crippen molar-refractivity contribution >= 4 is 34.1 Å². The van der Waals surface area contributed by atoms with Gasteiger partial charge in [0.2, 0.25) is 0 Å². The highest BCUT2D eigenvalue weighted by atomic mass is 35.5. The molecular formula is C13H14Cl2N2. The molecular weight excluding hydrogens is 255 g/mol. The Labute approximate surface area is 111 Å².